The van der Waals surface area contributed by atoms with Gasteiger partial charge >= 0.3 is 6.09 Å². The number of aliphatic hydroxyl groups is 1. The summed E-state index contributed by atoms with van der Waals surface area (Å²) in [6, 6.07) is 14.4. The lowest BCUT2D eigenvalue weighted by atomic mass is 9.97. The van der Waals surface area contributed by atoms with Crippen molar-refractivity contribution in [3.63, 3.8) is 0 Å². The number of hydrogen-bond acceptors (Lipinski definition) is 7. The van der Waals surface area contributed by atoms with Crippen LogP contribution in [-0.2, 0) is 14.3 Å². The molecule has 2 N–H and O–H groups in total. The molecule has 0 aliphatic carbocycles. The Bertz CT molecular complexity index is 1100. The number of benzene rings is 2. The normalized spacial score (nSPS) is 17.7. The van der Waals surface area contributed by atoms with Gasteiger partial charge in [-0.25, -0.2) is 4.79 Å². The van der Waals surface area contributed by atoms with Crippen LogP contribution in [0.2, 0.25) is 5.02 Å². The molecule has 1 fully saturated rings. The summed E-state index contributed by atoms with van der Waals surface area (Å²) in [5, 5.41) is 14.7. The highest BCUT2D eigenvalue weighted by atomic mass is 35.5. The fraction of sp³-hybridized carbons (Fsp3) is 0.360. The zero-order chi connectivity index (χ0) is 24.9. The lowest BCUT2D eigenvalue weighted by Crippen LogP contribution is -2.47. The van der Waals surface area contributed by atoms with Crippen LogP contribution in [-0.4, -0.2) is 74.8 Å². The SMILES string of the molecule is CCN(C(=O)C1=C(OCOC(=O)N2CCNCC2)c2c(Cl)cccc2N(C)C1O)c1ccccc1. The number of hydrogen-bond donors (Lipinski definition) is 2. The Morgan fingerprint density at radius 2 is 1.86 bits per heavy atom. The Labute approximate surface area is 209 Å². The second-order valence-corrected chi connectivity index (χ2v) is 8.56. The molecule has 2 aliphatic heterocycles. The van der Waals surface area contributed by atoms with Gasteiger partial charge < -0.3 is 34.6 Å². The highest BCUT2D eigenvalue weighted by molar-refractivity contribution is 6.33. The summed E-state index contributed by atoms with van der Waals surface area (Å²) in [6.45, 7) is 4.22. The first-order chi connectivity index (χ1) is 16.9. The molecule has 0 saturated carbocycles. The molecule has 0 radical (unpaired) electrons. The molecule has 2 amide bonds. The van der Waals surface area contributed by atoms with Crippen LogP contribution in [0.1, 0.15) is 12.5 Å². The summed E-state index contributed by atoms with van der Waals surface area (Å²) < 4.78 is 11.3. The average molecular weight is 501 g/mol. The van der Waals surface area contributed by atoms with E-state index in [9.17, 15) is 14.7 Å². The molecule has 186 valence electrons. The molecule has 35 heavy (non-hydrogen) atoms. The number of nitrogens with zero attached hydrogens (tertiary/aromatic N) is 3. The molecule has 0 bridgehead atoms. The fourth-order valence-corrected chi connectivity index (χ4v) is 4.50. The Balaban J connectivity index is 1.69. The molecule has 10 heteroatoms. The van der Waals surface area contributed by atoms with Gasteiger partial charge in [-0.1, -0.05) is 35.9 Å². The van der Waals surface area contributed by atoms with E-state index in [1.807, 2.05) is 37.3 Å². The number of nitrogens with one attached hydrogen (secondary N) is 1. The molecule has 1 saturated heterocycles. The molecule has 1 unspecified atom stereocenters. The van der Waals surface area contributed by atoms with Crippen LogP contribution in [0.5, 0.6) is 0 Å². The third-order valence-electron chi connectivity index (χ3n) is 6.09. The summed E-state index contributed by atoms with van der Waals surface area (Å²) in [4.78, 5) is 30.9. The quantitative estimate of drug-likeness (QED) is 0.589. The molecule has 9 nitrogen and oxygen atoms in total. The lowest BCUT2D eigenvalue weighted by molar-refractivity contribution is -0.116. The number of likely N-dealkylation sites (N-methyl/N-ethyl adjacent to an activating group) is 2. The molecular weight excluding hydrogens is 472 g/mol. The van der Waals surface area contributed by atoms with Crippen molar-refractivity contribution in [1.82, 2.24) is 10.2 Å². The summed E-state index contributed by atoms with van der Waals surface area (Å²) in [5.41, 5.74) is 1.73. The molecule has 1 atom stereocenters. The first-order valence-electron chi connectivity index (χ1n) is 11.5. The first-order valence-corrected chi connectivity index (χ1v) is 11.9. The van der Waals surface area contributed by atoms with E-state index >= 15 is 0 Å². The summed E-state index contributed by atoms with van der Waals surface area (Å²) in [5.74, 6) is -0.351. The Kier molecular flexibility index (Phi) is 7.80. The smallest absolute Gasteiger partial charge is 0.412 e. The van der Waals surface area contributed by atoms with Crippen LogP contribution in [0.15, 0.2) is 54.1 Å². The Morgan fingerprint density at radius 3 is 2.54 bits per heavy atom. The van der Waals surface area contributed by atoms with Crippen molar-refractivity contribution < 1.29 is 24.2 Å². The van der Waals surface area contributed by atoms with Gasteiger partial charge in [-0.2, -0.15) is 0 Å². The monoisotopic (exact) mass is 500 g/mol. The van der Waals surface area contributed by atoms with Crippen LogP contribution in [0.4, 0.5) is 16.2 Å². The summed E-state index contributed by atoms with van der Waals surface area (Å²) in [6.07, 6.45) is -1.81. The zero-order valence-electron chi connectivity index (χ0n) is 19.7. The molecule has 2 heterocycles. The number of fused-ring (bicyclic) bond motifs is 1. The summed E-state index contributed by atoms with van der Waals surface area (Å²) in [7, 11) is 1.67. The van der Waals surface area contributed by atoms with E-state index in [0.29, 0.717) is 54.7 Å². The van der Waals surface area contributed by atoms with Gasteiger partial charge in [0.1, 0.15) is 11.3 Å². The fourth-order valence-electron chi connectivity index (χ4n) is 4.24. The minimum atomic E-state index is -1.30. The van der Waals surface area contributed by atoms with Crippen molar-refractivity contribution in [2.45, 2.75) is 13.2 Å². The molecule has 2 aliphatic rings. The van der Waals surface area contributed by atoms with Crippen molar-refractivity contribution in [2.24, 2.45) is 0 Å². The molecular formula is C25H29ClN4O5. The van der Waals surface area contributed by atoms with E-state index in [0.717, 1.165) is 0 Å². The molecule has 4 rings (SSSR count). The number of piperazine rings is 1. The maximum Gasteiger partial charge on any atom is 0.412 e. The number of carbonyl (C=O) groups is 2. The van der Waals surface area contributed by atoms with Gasteiger partial charge in [0.05, 0.1) is 16.3 Å². The van der Waals surface area contributed by atoms with Gasteiger partial charge in [-0.05, 0) is 31.2 Å². The first kappa shape index (κ1) is 24.8. The van der Waals surface area contributed by atoms with Crippen LogP contribution in [0.25, 0.3) is 5.76 Å². The maximum absolute atomic E-state index is 13.8. The largest absolute Gasteiger partial charge is 0.456 e. The van der Waals surface area contributed by atoms with E-state index in [2.05, 4.69) is 5.32 Å². The number of rotatable bonds is 6. The van der Waals surface area contributed by atoms with Crippen LogP contribution < -0.4 is 15.1 Å². The number of anilines is 2. The second kappa shape index (κ2) is 11.0. The van der Waals surface area contributed by atoms with Crippen LogP contribution >= 0.6 is 11.6 Å². The van der Waals surface area contributed by atoms with E-state index in [1.165, 1.54) is 0 Å². The molecule has 2 aromatic rings. The van der Waals surface area contributed by atoms with Crippen molar-refractivity contribution in [3.8, 4) is 0 Å². The Hall–Kier alpha value is -3.27. The molecule has 0 spiro atoms. The van der Waals surface area contributed by atoms with E-state index in [1.54, 1.807) is 39.9 Å². The number of carbonyl (C=O) groups excluding carboxylic acids is 2. The number of para-hydroxylation sites is 1. The van der Waals surface area contributed by atoms with Crippen molar-refractivity contribution in [1.29, 1.82) is 0 Å². The third kappa shape index (κ3) is 5.07. The van der Waals surface area contributed by atoms with Gasteiger partial charge in [-0.3, -0.25) is 4.79 Å². The predicted octanol–water partition coefficient (Wildman–Crippen LogP) is 2.89. The standard InChI is InChI=1S/C25H29ClN4O5/c1-3-30(17-8-5-4-6-9-17)24(32)21-22(34-16-35-25(33)29-14-12-27-13-15-29)20-18(26)10-7-11-19(20)28(2)23(21)31/h4-11,23,27,31H,3,12-16H2,1-2H3. The number of ether oxygens (including phenoxy) is 2. The van der Waals surface area contributed by atoms with E-state index < -0.39 is 25.0 Å². The van der Waals surface area contributed by atoms with Crippen LogP contribution in [0.3, 0.4) is 0 Å². The lowest BCUT2D eigenvalue weighted by Gasteiger charge is -2.37. The Morgan fingerprint density at radius 1 is 1.14 bits per heavy atom. The number of halogens is 1. The van der Waals surface area contributed by atoms with Crippen molar-refractivity contribution >= 4 is 40.7 Å². The maximum atomic E-state index is 13.8. The van der Waals surface area contributed by atoms with Gasteiger partial charge in [0, 0.05) is 45.5 Å². The van der Waals surface area contributed by atoms with Crippen LogP contribution in [0, 0.1) is 0 Å². The third-order valence-corrected chi connectivity index (χ3v) is 6.40. The minimum Gasteiger partial charge on any atom is -0.456 e. The summed E-state index contributed by atoms with van der Waals surface area (Å²) >= 11 is 6.54. The zero-order valence-corrected chi connectivity index (χ0v) is 20.5. The van der Waals surface area contributed by atoms with Crippen molar-refractivity contribution in [3.05, 3.63) is 64.7 Å². The van der Waals surface area contributed by atoms with Crippen molar-refractivity contribution in [2.75, 3.05) is 56.4 Å². The molecule has 2 aromatic carbocycles. The topological polar surface area (TPSA) is 94.6 Å². The van der Waals surface area contributed by atoms with Gasteiger partial charge in [0.15, 0.2) is 6.23 Å². The average Bonchev–Trinajstić information content (AvgIpc) is 2.88. The predicted molar refractivity (Wildman–Crippen MR) is 134 cm³/mol. The highest BCUT2D eigenvalue weighted by Crippen LogP contribution is 2.42. The van der Waals surface area contributed by atoms with E-state index in [4.69, 9.17) is 21.1 Å². The van der Waals surface area contributed by atoms with Gasteiger partial charge in [0.2, 0.25) is 6.79 Å². The minimum absolute atomic E-state index is 0.0111. The van der Waals surface area contributed by atoms with E-state index in [-0.39, 0.29) is 11.3 Å². The second-order valence-electron chi connectivity index (χ2n) is 8.16. The number of amides is 2. The highest BCUT2D eigenvalue weighted by Gasteiger charge is 2.38. The number of aliphatic hydroxyl groups excluding tert-OH is 1. The van der Waals surface area contributed by atoms with Gasteiger partial charge in [-0.15, -0.1) is 0 Å². The molecule has 0 aromatic heterocycles. The van der Waals surface area contributed by atoms with Gasteiger partial charge in [0.25, 0.3) is 5.91 Å².